The molecule has 3 rings (SSSR count). The fourth-order valence-electron chi connectivity index (χ4n) is 3.67. The van der Waals surface area contributed by atoms with Gasteiger partial charge < -0.3 is 0 Å². The van der Waals surface area contributed by atoms with Crippen LogP contribution in [0.15, 0.2) is 0 Å². The van der Waals surface area contributed by atoms with Gasteiger partial charge in [0.05, 0.1) is 0 Å². The van der Waals surface area contributed by atoms with E-state index in [1.54, 1.807) is 0 Å². The molecule has 2 atom stereocenters. The maximum Gasteiger partial charge on any atom is 0.139 e. The van der Waals surface area contributed by atoms with Crippen LogP contribution in [-0.4, -0.2) is 5.78 Å². The molecule has 14 heavy (non-hydrogen) atoms. The molecule has 3 fully saturated rings. The Bertz CT molecular complexity index is 226. The van der Waals surface area contributed by atoms with Crippen LogP contribution in [0.1, 0.15) is 51.4 Å². The molecule has 0 aromatic rings. The van der Waals surface area contributed by atoms with Crippen molar-refractivity contribution in [2.45, 2.75) is 51.4 Å². The van der Waals surface area contributed by atoms with Gasteiger partial charge in [-0.2, -0.15) is 0 Å². The molecule has 0 N–H and O–H groups in total. The lowest BCUT2D eigenvalue weighted by Gasteiger charge is -2.23. The first-order chi connectivity index (χ1) is 6.84. The second-order valence-electron chi connectivity index (χ2n) is 5.66. The van der Waals surface area contributed by atoms with E-state index in [4.69, 9.17) is 0 Å². The maximum atomic E-state index is 12.2. The van der Waals surface area contributed by atoms with Crippen LogP contribution in [0.5, 0.6) is 0 Å². The first-order valence-electron chi connectivity index (χ1n) is 6.38. The van der Waals surface area contributed by atoms with Crippen LogP contribution in [0.2, 0.25) is 0 Å². The first-order valence-corrected chi connectivity index (χ1v) is 6.38. The van der Waals surface area contributed by atoms with Crippen molar-refractivity contribution in [1.82, 2.24) is 0 Å². The van der Waals surface area contributed by atoms with Gasteiger partial charge in [-0.3, -0.25) is 4.79 Å². The molecule has 0 heterocycles. The SMILES string of the molecule is O=C(C1CCCCC1)C1CC2CC2C1. The molecular weight excluding hydrogens is 172 g/mol. The van der Waals surface area contributed by atoms with Crippen molar-refractivity contribution in [3.05, 3.63) is 0 Å². The highest BCUT2D eigenvalue weighted by molar-refractivity contribution is 5.84. The molecule has 3 saturated carbocycles. The van der Waals surface area contributed by atoms with E-state index >= 15 is 0 Å². The lowest BCUT2D eigenvalue weighted by Crippen LogP contribution is -2.24. The minimum atomic E-state index is 0.464. The van der Waals surface area contributed by atoms with Crippen molar-refractivity contribution in [2.24, 2.45) is 23.7 Å². The van der Waals surface area contributed by atoms with Crippen LogP contribution >= 0.6 is 0 Å². The maximum absolute atomic E-state index is 12.2. The lowest BCUT2D eigenvalue weighted by molar-refractivity contribution is -0.127. The summed E-state index contributed by atoms with van der Waals surface area (Å²) in [6.07, 6.45) is 10.3. The Morgan fingerprint density at radius 2 is 1.43 bits per heavy atom. The first kappa shape index (κ1) is 8.94. The van der Waals surface area contributed by atoms with Crippen LogP contribution in [0.3, 0.4) is 0 Å². The number of ketones is 1. The molecule has 1 nitrogen and oxygen atoms in total. The lowest BCUT2D eigenvalue weighted by atomic mass is 9.80. The summed E-state index contributed by atoms with van der Waals surface area (Å²) in [5.74, 6) is 3.53. The molecule has 3 aliphatic carbocycles. The van der Waals surface area contributed by atoms with Crippen molar-refractivity contribution in [3.63, 3.8) is 0 Å². The summed E-state index contributed by atoms with van der Waals surface area (Å²) in [7, 11) is 0. The zero-order valence-corrected chi connectivity index (χ0v) is 8.87. The molecule has 1 heteroatoms. The molecule has 78 valence electrons. The summed E-state index contributed by atoms with van der Waals surface area (Å²) in [5, 5.41) is 0. The van der Waals surface area contributed by atoms with Crippen LogP contribution in [-0.2, 0) is 4.79 Å². The van der Waals surface area contributed by atoms with Gasteiger partial charge >= 0.3 is 0 Å². The molecule has 0 bridgehead atoms. The number of Topliss-reactive ketones (excluding diaryl/α,β-unsaturated/α-hetero) is 1. The van der Waals surface area contributed by atoms with Gasteiger partial charge in [0.15, 0.2) is 0 Å². The Morgan fingerprint density at radius 3 is 2.07 bits per heavy atom. The van der Waals surface area contributed by atoms with Gasteiger partial charge in [0.2, 0.25) is 0 Å². The van der Waals surface area contributed by atoms with Crippen molar-refractivity contribution in [3.8, 4) is 0 Å². The standard InChI is InChI=1S/C13H20O/c14-13(9-4-2-1-3-5-9)12-7-10-6-11(10)8-12/h9-12H,1-8H2. The molecular formula is C13H20O. The number of rotatable bonds is 2. The molecule has 0 aliphatic heterocycles. The normalized spacial score (nSPS) is 42.1. The van der Waals surface area contributed by atoms with E-state index in [1.165, 1.54) is 51.4 Å². The van der Waals surface area contributed by atoms with E-state index in [-0.39, 0.29) is 0 Å². The van der Waals surface area contributed by atoms with E-state index < -0.39 is 0 Å². The largest absolute Gasteiger partial charge is 0.299 e. The summed E-state index contributed by atoms with van der Waals surface area (Å²) < 4.78 is 0. The average molecular weight is 192 g/mol. The predicted molar refractivity (Wildman–Crippen MR) is 55.9 cm³/mol. The minimum Gasteiger partial charge on any atom is -0.299 e. The number of carbonyl (C=O) groups is 1. The van der Waals surface area contributed by atoms with Crippen molar-refractivity contribution in [1.29, 1.82) is 0 Å². The second kappa shape index (κ2) is 3.36. The van der Waals surface area contributed by atoms with Crippen molar-refractivity contribution < 1.29 is 4.79 Å². The highest BCUT2D eigenvalue weighted by Gasteiger charge is 2.48. The van der Waals surface area contributed by atoms with E-state index in [9.17, 15) is 4.79 Å². The highest BCUT2D eigenvalue weighted by atomic mass is 16.1. The summed E-state index contributed by atoms with van der Waals surface area (Å²) in [6, 6.07) is 0. The molecule has 0 aromatic heterocycles. The van der Waals surface area contributed by atoms with E-state index in [0.29, 0.717) is 17.6 Å². The van der Waals surface area contributed by atoms with Crippen molar-refractivity contribution >= 4 is 5.78 Å². The predicted octanol–water partition coefficient (Wildman–Crippen LogP) is 3.18. The second-order valence-corrected chi connectivity index (χ2v) is 5.66. The smallest absolute Gasteiger partial charge is 0.139 e. The van der Waals surface area contributed by atoms with Crippen LogP contribution < -0.4 is 0 Å². The third-order valence-electron chi connectivity index (χ3n) is 4.65. The summed E-state index contributed by atoms with van der Waals surface area (Å²) in [6.45, 7) is 0. The van der Waals surface area contributed by atoms with Crippen LogP contribution in [0.4, 0.5) is 0 Å². The Balaban J connectivity index is 1.58. The Hall–Kier alpha value is -0.330. The molecule has 0 saturated heterocycles. The number of fused-ring (bicyclic) bond motifs is 1. The summed E-state index contributed by atoms with van der Waals surface area (Å²) >= 11 is 0. The number of carbonyl (C=O) groups excluding carboxylic acids is 1. The van der Waals surface area contributed by atoms with Gasteiger partial charge in [-0.05, 0) is 43.9 Å². The Morgan fingerprint density at radius 1 is 0.786 bits per heavy atom. The monoisotopic (exact) mass is 192 g/mol. The molecule has 0 aromatic carbocycles. The Kier molecular flexibility index (Phi) is 2.14. The van der Waals surface area contributed by atoms with Gasteiger partial charge in [-0.15, -0.1) is 0 Å². The molecule has 2 unspecified atom stereocenters. The fraction of sp³-hybridized carbons (Fsp3) is 0.923. The quantitative estimate of drug-likeness (QED) is 0.656. The number of hydrogen-bond donors (Lipinski definition) is 0. The zero-order valence-electron chi connectivity index (χ0n) is 8.87. The van der Waals surface area contributed by atoms with Crippen molar-refractivity contribution in [2.75, 3.05) is 0 Å². The van der Waals surface area contributed by atoms with Gasteiger partial charge in [0.1, 0.15) is 5.78 Å². The molecule has 0 radical (unpaired) electrons. The Labute approximate surface area is 86.3 Å². The van der Waals surface area contributed by atoms with Gasteiger partial charge in [0.25, 0.3) is 0 Å². The van der Waals surface area contributed by atoms with Crippen LogP contribution in [0, 0.1) is 23.7 Å². The number of hydrogen-bond acceptors (Lipinski definition) is 1. The van der Waals surface area contributed by atoms with Gasteiger partial charge in [-0.25, -0.2) is 0 Å². The van der Waals surface area contributed by atoms with Gasteiger partial charge in [-0.1, -0.05) is 19.3 Å². The van der Waals surface area contributed by atoms with E-state index in [1.807, 2.05) is 0 Å². The molecule has 3 aliphatic rings. The summed E-state index contributed by atoms with van der Waals surface area (Å²) in [4.78, 5) is 12.2. The van der Waals surface area contributed by atoms with Crippen LogP contribution in [0.25, 0.3) is 0 Å². The van der Waals surface area contributed by atoms with E-state index in [2.05, 4.69) is 0 Å². The summed E-state index contributed by atoms with van der Waals surface area (Å²) in [5.41, 5.74) is 0. The molecule has 0 spiro atoms. The average Bonchev–Trinajstić information content (AvgIpc) is 2.86. The van der Waals surface area contributed by atoms with Gasteiger partial charge in [0, 0.05) is 11.8 Å². The third kappa shape index (κ3) is 1.51. The molecule has 0 amide bonds. The third-order valence-corrected chi connectivity index (χ3v) is 4.65. The highest BCUT2D eigenvalue weighted by Crippen LogP contribution is 2.55. The topological polar surface area (TPSA) is 17.1 Å². The minimum absolute atomic E-state index is 0.464. The van der Waals surface area contributed by atoms with E-state index in [0.717, 1.165) is 11.8 Å². The fourth-order valence-corrected chi connectivity index (χ4v) is 3.67. The zero-order chi connectivity index (χ0) is 9.54.